The smallest absolute Gasteiger partial charge is 0.191 e. The van der Waals surface area contributed by atoms with Gasteiger partial charge in [0, 0.05) is 23.0 Å². The summed E-state index contributed by atoms with van der Waals surface area (Å²) in [5, 5.41) is 1.03. The molecule has 0 radical (unpaired) electrons. The van der Waals surface area contributed by atoms with Crippen LogP contribution in [0.5, 0.6) is 0 Å². The molecule has 0 unspecified atom stereocenters. The van der Waals surface area contributed by atoms with E-state index in [1.54, 1.807) is 0 Å². The molecule has 3 aromatic rings. The second kappa shape index (κ2) is 5.09. The van der Waals surface area contributed by atoms with Crippen LogP contribution in [0.25, 0.3) is 10.9 Å². The number of rotatable bonds is 3. The zero-order chi connectivity index (χ0) is 13.9. The topological polar surface area (TPSA) is 80.2 Å². The van der Waals surface area contributed by atoms with E-state index in [9.17, 15) is 0 Å². The zero-order valence-electron chi connectivity index (χ0n) is 11.0. The van der Waals surface area contributed by atoms with Gasteiger partial charge < -0.3 is 16.5 Å². The van der Waals surface area contributed by atoms with E-state index in [1.807, 2.05) is 42.5 Å². The van der Waals surface area contributed by atoms with Crippen LogP contribution in [-0.4, -0.2) is 10.9 Å². The van der Waals surface area contributed by atoms with Crippen molar-refractivity contribution in [1.29, 1.82) is 0 Å². The van der Waals surface area contributed by atoms with E-state index < -0.39 is 0 Å². The molecule has 1 heterocycles. The third-order valence-electron chi connectivity index (χ3n) is 3.22. The second-order valence-electron chi connectivity index (χ2n) is 4.70. The number of aromatic amines is 1. The van der Waals surface area contributed by atoms with Gasteiger partial charge in [-0.15, -0.1) is 0 Å². The Hall–Kier alpha value is -2.75. The van der Waals surface area contributed by atoms with Gasteiger partial charge in [-0.25, -0.2) is 4.99 Å². The van der Waals surface area contributed by atoms with Gasteiger partial charge in [0.15, 0.2) is 5.96 Å². The molecule has 0 saturated carbocycles. The van der Waals surface area contributed by atoms with Crippen LogP contribution in [0.1, 0.15) is 11.3 Å². The maximum atomic E-state index is 5.55. The molecule has 0 bridgehead atoms. The number of para-hydroxylation sites is 1. The minimum absolute atomic E-state index is 0.0732. The molecular weight excluding hydrogens is 248 g/mol. The fourth-order valence-electron chi connectivity index (χ4n) is 2.37. The highest BCUT2D eigenvalue weighted by molar-refractivity contribution is 5.95. The highest BCUT2D eigenvalue weighted by Crippen LogP contribution is 2.31. The largest absolute Gasteiger partial charge is 0.370 e. The van der Waals surface area contributed by atoms with Gasteiger partial charge in [0.05, 0.1) is 5.69 Å². The molecule has 100 valence electrons. The molecule has 0 spiro atoms. The Labute approximate surface area is 117 Å². The Balaban J connectivity index is 2.12. The Morgan fingerprint density at radius 2 is 1.65 bits per heavy atom. The van der Waals surface area contributed by atoms with Gasteiger partial charge in [-0.05, 0) is 11.6 Å². The van der Waals surface area contributed by atoms with Gasteiger partial charge in [-0.2, -0.15) is 0 Å². The van der Waals surface area contributed by atoms with Crippen LogP contribution in [-0.2, 0) is 6.42 Å². The monoisotopic (exact) mass is 264 g/mol. The van der Waals surface area contributed by atoms with Gasteiger partial charge in [0.25, 0.3) is 0 Å². The molecule has 4 heteroatoms. The fourth-order valence-corrected chi connectivity index (χ4v) is 2.37. The number of hydrogen-bond acceptors (Lipinski definition) is 1. The maximum absolute atomic E-state index is 5.55. The van der Waals surface area contributed by atoms with Crippen molar-refractivity contribution in [3.8, 4) is 0 Å². The third-order valence-corrected chi connectivity index (χ3v) is 3.22. The molecule has 0 saturated heterocycles. The first-order chi connectivity index (χ1) is 9.74. The molecule has 0 aliphatic rings. The van der Waals surface area contributed by atoms with Crippen LogP contribution in [0.15, 0.2) is 59.6 Å². The van der Waals surface area contributed by atoms with Crippen molar-refractivity contribution in [2.45, 2.75) is 6.42 Å². The van der Waals surface area contributed by atoms with E-state index in [-0.39, 0.29) is 5.96 Å². The summed E-state index contributed by atoms with van der Waals surface area (Å²) < 4.78 is 0. The standard InChI is InChI=1S/C16H16N4/c17-16(18)20-15-12-8-4-5-9-13(12)19-14(15)10-11-6-2-1-3-7-11/h1-9,19H,10H2,(H4,17,18,20). The lowest BCUT2D eigenvalue weighted by molar-refractivity contribution is 1.11. The van der Waals surface area contributed by atoms with Gasteiger partial charge in [-0.3, -0.25) is 0 Å². The molecule has 0 aliphatic carbocycles. The van der Waals surface area contributed by atoms with E-state index in [2.05, 4.69) is 22.1 Å². The van der Waals surface area contributed by atoms with Gasteiger partial charge in [-0.1, -0.05) is 48.5 Å². The molecule has 0 atom stereocenters. The summed E-state index contributed by atoms with van der Waals surface area (Å²) in [6.45, 7) is 0. The number of H-pyrrole nitrogens is 1. The van der Waals surface area contributed by atoms with Crippen molar-refractivity contribution in [3.05, 3.63) is 65.9 Å². The SMILES string of the molecule is NC(N)=Nc1c(Cc2ccccc2)[nH]c2ccccc12. The summed E-state index contributed by atoms with van der Waals surface area (Å²) in [4.78, 5) is 7.68. The number of nitrogens with one attached hydrogen (secondary N) is 1. The van der Waals surface area contributed by atoms with Crippen LogP contribution in [0.3, 0.4) is 0 Å². The predicted octanol–water partition coefficient (Wildman–Crippen LogP) is 2.66. The van der Waals surface area contributed by atoms with Crippen LogP contribution in [0.2, 0.25) is 0 Å². The van der Waals surface area contributed by atoms with Gasteiger partial charge in [0.2, 0.25) is 0 Å². The minimum Gasteiger partial charge on any atom is -0.370 e. The van der Waals surface area contributed by atoms with Gasteiger partial charge in [0.1, 0.15) is 0 Å². The molecular formula is C16H16N4. The Kier molecular flexibility index (Phi) is 3.13. The molecule has 0 amide bonds. The number of hydrogen-bond donors (Lipinski definition) is 3. The average Bonchev–Trinajstić information content (AvgIpc) is 2.78. The number of nitrogens with two attached hydrogens (primary N) is 2. The Morgan fingerprint density at radius 1 is 0.950 bits per heavy atom. The number of nitrogens with zero attached hydrogens (tertiary/aromatic N) is 1. The number of fused-ring (bicyclic) bond motifs is 1. The molecule has 1 aromatic heterocycles. The number of aromatic nitrogens is 1. The normalized spacial score (nSPS) is 10.6. The van der Waals surface area contributed by atoms with Crippen molar-refractivity contribution in [2.24, 2.45) is 16.5 Å². The van der Waals surface area contributed by atoms with Crippen LogP contribution >= 0.6 is 0 Å². The van der Waals surface area contributed by atoms with Crippen LogP contribution in [0, 0.1) is 0 Å². The van der Waals surface area contributed by atoms with E-state index in [4.69, 9.17) is 11.5 Å². The summed E-state index contributed by atoms with van der Waals surface area (Å²) in [5.74, 6) is 0.0732. The minimum atomic E-state index is 0.0732. The number of benzene rings is 2. The highest BCUT2D eigenvalue weighted by Gasteiger charge is 2.11. The Morgan fingerprint density at radius 3 is 2.40 bits per heavy atom. The molecule has 20 heavy (non-hydrogen) atoms. The first-order valence-corrected chi connectivity index (χ1v) is 6.47. The lowest BCUT2D eigenvalue weighted by atomic mass is 10.1. The number of aliphatic imine (C=N–C) groups is 1. The molecule has 4 nitrogen and oxygen atoms in total. The molecule has 5 N–H and O–H groups in total. The van der Waals surface area contributed by atoms with Crippen molar-refractivity contribution in [3.63, 3.8) is 0 Å². The summed E-state index contributed by atoms with van der Waals surface area (Å²) in [5.41, 5.74) is 15.2. The lowest BCUT2D eigenvalue weighted by Crippen LogP contribution is -2.22. The first kappa shape index (κ1) is 12.3. The lowest BCUT2D eigenvalue weighted by Gasteiger charge is -2.01. The summed E-state index contributed by atoms with van der Waals surface area (Å²) in [7, 11) is 0. The van der Waals surface area contributed by atoms with Crippen LogP contribution in [0.4, 0.5) is 5.69 Å². The van der Waals surface area contributed by atoms with E-state index in [0.29, 0.717) is 0 Å². The summed E-state index contributed by atoms with van der Waals surface area (Å²) in [6, 6.07) is 18.2. The summed E-state index contributed by atoms with van der Waals surface area (Å²) in [6.07, 6.45) is 0.766. The fraction of sp³-hybridized carbons (Fsp3) is 0.0625. The van der Waals surface area contributed by atoms with Gasteiger partial charge >= 0.3 is 0 Å². The van der Waals surface area contributed by atoms with E-state index >= 15 is 0 Å². The molecule has 0 fully saturated rings. The third kappa shape index (κ3) is 2.36. The van der Waals surface area contributed by atoms with E-state index in [1.165, 1.54) is 5.56 Å². The van der Waals surface area contributed by atoms with E-state index in [0.717, 1.165) is 28.7 Å². The predicted molar refractivity (Wildman–Crippen MR) is 83.0 cm³/mol. The Bertz CT molecular complexity index is 753. The zero-order valence-corrected chi connectivity index (χ0v) is 11.0. The van der Waals surface area contributed by atoms with Crippen molar-refractivity contribution < 1.29 is 0 Å². The quantitative estimate of drug-likeness (QED) is 0.502. The number of guanidine groups is 1. The summed E-state index contributed by atoms with van der Waals surface area (Å²) >= 11 is 0. The molecule has 0 aliphatic heterocycles. The second-order valence-corrected chi connectivity index (χ2v) is 4.70. The van der Waals surface area contributed by atoms with Crippen molar-refractivity contribution in [2.75, 3.05) is 0 Å². The molecule has 2 aromatic carbocycles. The van der Waals surface area contributed by atoms with Crippen molar-refractivity contribution in [1.82, 2.24) is 4.98 Å². The maximum Gasteiger partial charge on any atom is 0.191 e. The average molecular weight is 264 g/mol. The highest BCUT2D eigenvalue weighted by atomic mass is 15.0. The molecule has 3 rings (SSSR count). The first-order valence-electron chi connectivity index (χ1n) is 6.47. The van der Waals surface area contributed by atoms with Crippen molar-refractivity contribution >= 4 is 22.5 Å². The van der Waals surface area contributed by atoms with Crippen LogP contribution < -0.4 is 11.5 Å².